The molecular formula is C19H16F3N5O3S. The molecule has 0 saturated heterocycles. The number of hydrogen-bond acceptors (Lipinski definition) is 7. The molecule has 0 radical (unpaired) electrons. The average Bonchev–Trinajstić information content (AvgIpc) is 3.24. The van der Waals surface area contributed by atoms with Gasteiger partial charge in [0.2, 0.25) is 5.95 Å². The molecule has 0 fully saturated rings. The summed E-state index contributed by atoms with van der Waals surface area (Å²) in [6.07, 6.45) is -4.77. The number of carboxylic acids is 1. The number of ether oxygens (including phenoxy) is 1. The SMILES string of the molecule is CNCCn1c(Nc2nc3ccc(OC(F)(F)F)cc3s2)nc2cc(C(=O)O)ccc21. The van der Waals surface area contributed by atoms with Crippen molar-refractivity contribution in [2.75, 3.05) is 18.9 Å². The highest BCUT2D eigenvalue weighted by Gasteiger charge is 2.31. The van der Waals surface area contributed by atoms with Gasteiger partial charge in [0.25, 0.3) is 0 Å². The van der Waals surface area contributed by atoms with Crippen LogP contribution in [-0.2, 0) is 6.54 Å². The minimum atomic E-state index is -4.77. The lowest BCUT2D eigenvalue weighted by Crippen LogP contribution is -2.16. The highest BCUT2D eigenvalue weighted by atomic mass is 32.1. The second kappa shape index (κ2) is 8.04. The largest absolute Gasteiger partial charge is 0.573 e. The summed E-state index contributed by atoms with van der Waals surface area (Å²) in [4.78, 5) is 20.1. The van der Waals surface area contributed by atoms with Gasteiger partial charge in [-0.05, 0) is 37.4 Å². The maximum atomic E-state index is 12.5. The van der Waals surface area contributed by atoms with E-state index in [0.29, 0.717) is 39.9 Å². The van der Waals surface area contributed by atoms with Gasteiger partial charge in [-0.3, -0.25) is 0 Å². The van der Waals surface area contributed by atoms with E-state index in [0.717, 1.165) is 16.9 Å². The van der Waals surface area contributed by atoms with E-state index in [4.69, 9.17) is 0 Å². The van der Waals surface area contributed by atoms with E-state index in [1.165, 1.54) is 30.3 Å². The van der Waals surface area contributed by atoms with E-state index < -0.39 is 12.3 Å². The number of hydrogen-bond donors (Lipinski definition) is 3. The Morgan fingerprint density at radius 1 is 1.19 bits per heavy atom. The molecule has 4 aromatic rings. The highest BCUT2D eigenvalue weighted by Crippen LogP contribution is 2.33. The number of rotatable bonds is 7. The Kier molecular flexibility index (Phi) is 5.41. The smallest absolute Gasteiger partial charge is 0.478 e. The third-order valence-corrected chi connectivity index (χ3v) is 5.33. The predicted molar refractivity (Wildman–Crippen MR) is 110 cm³/mol. The fourth-order valence-corrected chi connectivity index (χ4v) is 3.95. The quantitative estimate of drug-likeness (QED) is 0.387. The van der Waals surface area contributed by atoms with Crippen LogP contribution in [0, 0.1) is 0 Å². The molecule has 0 bridgehead atoms. The second-order valence-corrected chi connectivity index (χ2v) is 7.55. The number of nitrogens with one attached hydrogen (secondary N) is 2. The van der Waals surface area contributed by atoms with Crippen LogP contribution in [0.2, 0.25) is 0 Å². The molecule has 0 aliphatic heterocycles. The Morgan fingerprint density at radius 3 is 2.71 bits per heavy atom. The molecule has 4 rings (SSSR count). The molecule has 0 unspecified atom stereocenters. The van der Waals surface area contributed by atoms with Crippen molar-refractivity contribution in [2.24, 2.45) is 0 Å². The first-order valence-corrected chi connectivity index (χ1v) is 9.87. The molecule has 2 heterocycles. The van der Waals surface area contributed by atoms with Gasteiger partial charge in [-0.15, -0.1) is 13.2 Å². The molecule has 2 aromatic carbocycles. The Balaban J connectivity index is 1.69. The summed E-state index contributed by atoms with van der Waals surface area (Å²) in [6.45, 7) is 1.19. The molecule has 0 amide bonds. The molecule has 31 heavy (non-hydrogen) atoms. The third-order valence-electron chi connectivity index (χ3n) is 4.39. The molecule has 3 N–H and O–H groups in total. The van der Waals surface area contributed by atoms with Crippen LogP contribution in [0.4, 0.5) is 24.3 Å². The van der Waals surface area contributed by atoms with Crippen LogP contribution in [0.3, 0.4) is 0 Å². The molecule has 8 nitrogen and oxygen atoms in total. The normalized spacial score (nSPS) is 11.9. The van der Waals surface area contributed by atoms with Gasteiger partial charge in [0, 0.05) is 19.2 Å². The highest BCUT2D eigenvalue weighted by molar-refractivity contribution is 7.22. The Bertz CT molecular complexity index is 1270. The van der Waals surface area contributed by atoms with Gasteiger partial charge < -0.3 is 25.0 Å². The van der Waals surface area contributed by atoms with Gasteiger partial charge in [0.1, 0.15) is 5.75 Å². The number of thiazole rings is 1. The number of benzene rings is 2. The van der Waals surface area contributed by atoms with Crippen LogP contribution in [0.1, 0.15) is 10.4 Å². The van der Waals surface area contributed by atoms with Crippen LogP contribution >= 0.6 is 11.3 Å². The zero-order valence-corrected chi connectivity index (χ0v) is 16.8. The summed E-state index contributed by atoms with van der Waals surface area (Å²) in [5.74, 6) is -0.930. The summed E-state index contributed by atoms with van der Waals surface area (Å²) < 4.78 is 43.7. The van der Waals surface area contributed by atoms with Crippen molar-refractivity contribution in [1.82, 2.24) is 19.9 Å². The number of aromatic carboxylic acids is 1. The minimum Gasteiger partial charge on any atom is -0.478 e. The van der Waals surface area contributed by atoms with E-state index in [2.05, 4.69) is 25.3 Å². The summed E-state index contributed by atoms with van der Waals surface area (Å²) in [5, 5.41) is 15.8. The van der Waals surface area contributed by atoms with E-state index in [1.54, 1.807) is 6.07 Å². The number of carboxylic acid groups (broad SMARTS) is 1. The van der Waals surface area contributed by atoms with E-state index in [9.17, 15) is 23.1 Å². The average molecular weight is 451 g/mol. The molecule has 0 saturated carbocycles. The summed E-state index contributed by atoms with van der Waals surface area (Å²) >= 11 is 1.15. The first-order chi connectivity index (χ1) is 14.7. The van der Waals surface area contributed by atoms with Crippen molar-refractivity contribution in [2.45, 2.75) is 12.9 Å². The molecule has 0 atom stereocenters. The van der Waals surface area contributed by atoms with E-state index in [-0.39, 0.29) is 11.3 Å². The number of halogens is 3. The predicted octanol–water partition coefficient (Wildman–Crippen LogP) is 4.21. The lowest BCUT2D eigenvalue weighted by Gasteiger charge is -2.09. The van der Waals surface area contributed by atoms with Gasteiger partial charge >= 0.3 is 12.3 Å². The molecule has 162 valence electrons. The molecule has 0 aliphatic rings. The Morgan fingerprint density at radius 2 is 2.00 bits per heavy atom. The first kappa shape index (κ1) is 20.9. The number of imidazole rings is 1. The summed E-state index contributed by atoms with van der Waals surface area (Å²) in [5.41, 5.74) is 1.87. The minimum absolute atomic E-state index is 0.120. The topological polar surface area (TPSA) is 101 Å². The van der Waals surface area contributed by atoms with Crippen LogP contribution in [-0.4, -0.2) is 45.6 Å². The zero-order chi connectivity index (χ0) is 22.2. The summed E-state index contributed by atoms with van der Waals surface area (Å²) in [6, 6.07) is 8.60. The zero-order valence-electron chi connectivity index (χ0n) is 16.0. The fourth-order valence-electron chi connectivity index (χ4n) is 3.06. The van der Waals surface area contributed by atoms with Crippen molar-refractivity contribution >= 4 is 49.6 Å². The lowest BCUT2D eigenvalue weighted by atomic mass is 10.2. The van der Waals surface area contributed by atoms with Gasteiger partial charge in [0.15, 0.2) is 5.13 Å². The number of anilines is 2. The molecule has 0 spiro atoms. The Labute approximate surface area is 177 Å². The first-order valence-electron chi connectivity index (χ1n) is 9.05. The Hall–Kier alpha value is -3.38. The van der Waals surface area contributed by atoms with Crippen LogP contribution in [0.15, 0.2) is 36.4 Å². The monoisotopic (exact) mass is 451 g/mol. The van der Waals surface area contributed by atoms with Gasteiger partial charge in [0.05, 0.1) is 26.8 Å². The van der Waals surface area contributed by atoms with Gasteiger partial charge in [-0.2, -0.15) is 0 Å². The molecule has 12 heteroatoms. The maximum absolute atomic E-state index is 12.5. The van der Waals surface area contributed by atoms with E-state index in [1.807, 2.05) is 11.6 Å². The molecular weight excluding hydrogens is 435 g/mol. The van der Waals surface area contributed by atoms with Crippen molar-refractivity contribution in [1.29, 1.82) is 0 Å². The van der Waals surface area contributed by atoms with Gasteiger partial charge in [-0.25, -0.2) is 14.8 Å². The van der Waals surface area contributed by atoms with Crippen molar-refractivity contribution < 1.29 is 27.8 Å². The van der Waals surface area contributed by atoms with Crippen LogP contribution < -0.4 is 15.4 Å². The van der Waals surface area contributed by atoms with Gasteiger partial charge in [-0.1, -0.05) is 11.3 Å². The molecule has 2 aromatic heterocycles. The third kappa shape index (κ3) is 4.54. The lowest BCUT2D eigenvalue weighted by molar-refractivity contribution is -0.274. The molecule has 0 aliphatic carbocycles. The fraction of sp³-hybridized carbons (Fsp3) is 0.211. The van der Waals surface area contributed by atoms with E-state index >= 15 is 0 Å². The second-order valence-electron chi connectivity index (χ2n) is 6.52. The number of carbonyl (C=O) groups is 1. The number of fused-ring (bicyclic) bond motifs is 2. The van der Waals surface area contributed by atoms with Crippen LogP contribution in [0.5, 0.6) is 5.75 Å². The van der Waals surface area contributed by atoms with Crippen LogP contribution in [0.25, 0.3) is 21.3 Å². The summed E-state index contributed by atoms with van der Waals surface area (Å²) in [7, 11) is 1.81. The number of aromatic nitrogens is 3. The number of alkyl halides is 3. The number of likely N-dealkylation sites (N-methyl/N-ethyl adjacent to an activating group) is 1. The maximum Gasteiger partial charge on any atom is 0.573 e. The number of nitrogens with zero attached hydrogens (tertiary/aromatic N) is 3. The van der Waals surface area contributed by atoms with Crippen molar-refractivity contribution in [3.8, 4) is 5.75 Å². The van der Waals surface area contributed by atoms with Crippen molar-refractivity contribution in [3.63, 3.8) is 0 Å². The van der Waals surface area contributed by atoms with Crippen molar-refractivity contribution in [3.05, 3.63) is 42.0 Å². The standard InChI is InChI=1S/C19H16F3N5O3S/c1-23-6-7-27-14-5-2-10(16(28)29)8-13(14)24-17(27)26-18-25-12-4-3-11(9-15(12)31-18)30-19(20,21)22/h2-5,8-9,23H,6-7H2,1H3,(H,28,29)(H,24,25,26).